The number of anilines is 2. The molecule has 5 rings (SSSR count). The third-order valence-electron chi connectivity index (χ3n) is 6.37. The summed E-state index contributed by atoms with van der Waals surface area (Å²) in [6.45, 7) is 4.78. The predicted octanol–water partition coefficient (Wildman–Crippen LogP) is 4.35. The molecule has 1 amide bonds. The summed E-state index contributed by atoms with van der Waals surface area (Å²) in [5, 5.41) is 4.45. The Morgan fingerprint density at radius 1 is 0.909 bits per heavy atom. The second kappa shape index (κ2) is 10.1. The molecule has 2 aliphatic heterocycles. The van der Waals surface area contributed by atoms with E-state index in [4.69, 9.17) is 14.7 Å². The van der Waals surface area contributed by atoms with Crippen LogP contribution < -0.4 is 15.0 Å². The molecule has 7 nitrogen and oxygen atoms in total. The highest BCUT2D eigenvalue weighted by atomic mass is 16.5. The fraction of sp³-hybridized carbons (Fsp3) is 0.423. The lowest BCUT2D eigenvalue weighted by Crippen LogP contribution is -2.31. The van der Waals surface area contributed by atoms with Crippen LogP contribution in [0.4, 0.5) is 11.8 Å². The van der Waals surface area contributed by atoms with Gasteiger partial charge in [-0.05, 0) is 62.4 Å². The largest absolute Gasteiger partial charge is 0.492 e. The third-order valence-corrected chi connectivity index (χ3v) is 6.37. The van der Waals surface area contributed by atoms with Crippen molar-refractivity contribution in [1.82, 2.24) is 14.9 Å². The van der Waals surface area contributed by atoms with Crippen molar-refractivity contribution in [2.45, 2.75) is 32.1 Å². The van der Waals surface area contributed by atoms with Gasteiger partial charge < -0.3 is 19.9 Å². The molecule has 1 N–H and O–H groups in total. The number of likely N-dealkylation sites (tertiary alicyclic amines) is 1. The molecule has 0 spiro atoms. The first-order chi connectivity index (χ1) is 16.3. The summed E-state index contributed by atoms with van der Waals surface area (Å²) in [6, 6.07) is 15.6. The van der Waals surface area contributed by atoms with E-state index in [1.54, 1.807) is 0 Å². The van der Waals surface area contributed by atoms with E-state index in [1.165, 1.54) is 19.3 Å². The number of aromatic nitrogens is 2. The van der Waals surface area contributed by atoms with Gasteiger partial charge in [0, 0.05) is 37.1 Å². The Hall–Kier alpha value is -3.35. The molecular weight excluding hydrogens is 414 g/mol. The minimum absolute atomic E-state index is 0.0915. The molecule has 0 radical (unpaired) electrons. The minimum atomic E-state index is 0.0915. The first-order valence-electron chi connectivity index (χ1n) is 12.1. The summed E-state index contributed by atoms with van der Waals surface area (Å²) in [6.07, 6.45) is 5.82. The lowest BCUT2D eigenvalue weighted by molar-refractivity contribution is 0.0792. The van der Waals surface area contributed by atoms with Crippen LogP contribution >= 0.6 is 0 Å². The fourth-order valence-electron chi connectivity index (χ4n) is 4.59. The molecular formula is C26H31N5O2. The Bertz CT molecular complexity index is 1110. The number of carbonyl (C=O) groups excluding carboxylic acids is 1. The Kier molecular flexibility index (Phi) is 6.56. The van der Waals surface area contributed by atoms with E-state index in [9.17, 15) is 4.79 Å². The van der Waals surface area contributed by atoms with Crippen LogP contribution in [0.25, 0.3) is 10.9 Å². The number of nitrogens with zero attached hydrogens (tertiary/aromatic N) is 4. The quantitative estimate of drug-likeness (QED) is 0.546. The number of para-hydroxylation sites is 1. The van der Waals surface area contributed by atoms with Crippen LogP contribution in [0.1, 0.15) is 42.5 Å². The van der Waals surface area contributed by atoms with Crippen molar-refractivity contribution in [2.24, 2.45) is 0 Å². The van der Waals surface area contributed by atoms with Crippen molar-refractivity contribution in [1.29, 1.82) is 0 Å². The van der Waals surface area contributed by atoms with Crippen LogP contribution in [0.5, 0.6) is 5.75 Å². The van der Waals surface area contributed by atoms with Crippen molar-refractivity contribution in [3.8, 4) is 5.75 Å². The van der Waals surface area contributed by atoms with E-state index in [2.05, 4.69) is 10.2 Å². The Labute approximate surface area is 194 Å². The van der Waals surface area contributed by atoms with Gasteiger partial charge in [0.1, 0.15) is 18.2 Å². The summed E-state index contributed by atoms with van der Waals surface area (Å²) in [5.41, 5.74) is 1.64. The molecule has 0 aliphatic carbocycles. The number of piperidine rings is 1. The number of rotatable bonds is 7. The molecule has 0 atom stereocenters. The fourth-order valence-corrected chi connectivity index (χ4v) is 4.59. The van der Waals surface area contributed by atoms with Gasteiger partial charge in [0.05, 0.1) is 12.1 Å². The summed E-state index contributed by atoms with van der Waals surface area (Å²) < 4.78 is 5.95. The zero-order valence-electron chi connectivity index (χ0n) is 19.0. The molecule has 3 heterocycles. The van der Waals surface area contributed by atoms with Gasteiger partial charge in [-0.15, -0.1) is 0 Å². The summed E-state index contributed by atoms with van der Waals surface area (Å²) in [7, 11) is 0. The van der Waals surface area contributed by atoms with E-state index in [-0.39, 0.29) is 5.91 Å². The molecule has 0 unspecified atom stereocenters. The molecule has 2 saturated heterocycles. The minimum Gasteiger partial charge on any atom is -0.492 e. The molecule has 7 heteroatoms. The molecule has 0 saturated carbocycles. The van der Waals surface area contributed by atoms with Gasteiger partial charge in [-0.25, -0.2) is 4.98 Å². The number of amides is 1. The van der Waals surface area contributed by atoms with Crippen LogP contribution in [0, 0.1) is 0 Å². The summed E-state index contributed by atoms with van der Waals surface area (Å²) in [5.74, 6) is 2.44. The van der Waals surface area contributed by atoms with Gasteiger partial charge >= 0.3 is 0 Å². The predicted molar refractivity (Wildman–Crippen MR) is 131 cm³/mol. The second-order valence-electron chi connectivity index (χ2n) is 8.74. The maximum Gasteiger partial charge on any atom is 0.253 e. The van der Waals surface area contributed by atoms with Gasteiger partial charge in [-0.1, -0.05) is 18.2 Å². The standard InChI is InChI=1S/C26H31N5O2/c32-25(30-14-6-7-15-30)20-9-8-10-21(19-20)33-18-13-27-24-22-11-2-3-12-23(22)28-26(29-24)31-16-4-1-5-17-31/h2-3,8-12,19H,1,4-7,13-18H2,(H,27,28,29). The molecule has 1 aromatic heterocycles. The lowest BCUT2D eigenvalue weighted by atomic mass is 10.1. The van der Waals surface area contributed by atoms with E-state index in [1.807, 2.05) is 53.4 Å². The molecule has 172 valence electrons. The first-order valence-corrected chi connectivity index (χ1v) is 12.1. The van der Waals surface area contributed by atoms with Gasteiger partial charge in [-0.2, -0.15) is 4.98 Å². The number of hydrogen-bond donors (Lipinski definition) is 1. The van der Waals surface area contributed by atoms with Crippen LogP contribution in [-0.4, -0.2) is 60.1 Å². The molecule has 33 heavy (non-hydrogen) atoms. The Morgan fingerprint density at radius 3 is 2.55 bits per heavy atom. The topological polar surface area (TPSA) is 70.6 Å². The van der Waals surface area contributed by atoms with Crippen LogP contribution in [0.2, 0.25) is 0 Å². The van der Waals surface area contributed by atoms with E-state index in [0.29, 0.717) is 24.5 Å². The zero-order valence-corrected chi connectivity index (χ0v) is 19.0. The SMILES string of the molecule is O=C(c1cccc(OCCNc2nc(N3CCCCC3)nc3ccccc23)c1)N1CCCC1. The second-order valence-corrected chi connectivity index (χ2v) is 8.74. The molecule has 2 aliphatic rings. The maximum atomic E-state index is 12.6. The zero-order chi connectivity index (χ0) is 22.5. The van der Waals surface area contributed by atoms with E-state index >= 15 is 0 Å². The van der Waals surface area contributed by atoms with Gasteiger partial charge in [0.15, 0.2) is 0 Å². The van der Waals surface area contributed by atoms with Crippen LogP contribution in [-0.2, 0) is 0 Å². The third kappa shape index (κ3) is 5.02. The number of benzene rings is 2. The molecule has 2 aromatic carbocycles. The number of fused-ring (bicyclic) bond motifs is 1. The van der Waals surface area contributed by atoms with Crippen molar-refractivity contribution in [2.75, 3.05) is 49.5 Å². The van der Waals surface area contributed by atoms with Crippen LogP contribution in [0.3, 0.4) is 0 Å². The molecule has 3 aromatic rings. The Balaban J connectivity index is 1.23. The highest BCUT2D eigenvalue weighted by molar-refractivity contribution is 5.94. The van der Waals surface area contributed by atoms with Crippen molar-refractivity contribution in [3.63, 3.8) is 0 Å². The Morgan fingerprint density at radius 2 is 1.70 bits per heavy atom. The van der Waals surface area contributed by atoms with E-state index in [0.717, 1.165) is 61.7 Å². The monoisotopic (exact) mass is 445 g/mol. The number of nitrogens with one attached hydrogen (secondary N) is 1. The van der Waals surface area contributed by atoms with Gasteiger partial charge in [0.2, 0.25) is 5.95 Å². The highest BCUT2D eigenvalue weighted by Gasteiger charge is 2.20. The van der Waals surface area contributed by atoms with E-state index < -0.39 is 0 Å². The summed E-state index contributed by atoms with van der Waals surface area (Å²) in [4.78, 5) is 26.5. The molecule has 2 fully saturated rings. The first kappa shape index (κ1) is 21.5. The van der Waals surface area contributed by atoms with Gasteiger partial charge in [-0.3, -0.25) is 4.79 Å². The van der Waals surface area contributed by atoms with Gasteiger partial charge in [0.25, 0.3) is 5.91 Å². The van der Waals surface area contributed by atoms with Crippen LogP contribution in [0.15, 0.2) is 48.5 Å². The lowest BCUT2D eigenvalue weighted by Gasteiger charge is -2.27. The number of ether oxygens (including phenoxy) is 1. The highest BCUT2D eigenvalue weighted by Crippen LogP contribution is 2.25. The van der Waals surface area contributed by atoms with Crippen molar-refractivity contribution in [3.05, 3.63) is 54.1 Å². The van der Waals surface area contributed by atoms with Crippen molar-refractivity contribution >= 4 is 28.6 Å². The van der Waals surface area contributed by atoms with Crippen molar-refractivity contribution < 1.29 is 9.53 Å². The maximum absolute atomic E-state index is 12.6. The number of hydrogen-bond acceptors (Lipinski definition) is 6. The summed E-state index contributed by atoms with van der Waals surface area (Å²) >= 11 is 0. The normalized spacial score (nSPS) is 16.2. The smallest absolute Gasteiger partial charge is 0.253 e. The average molecular weight is 446 g/mol. The number of carbonyl (C=O) groups is 1. The average Bonchev–Trinajstić information content (AvgIpc) is 3.42. The molecule has 0 bridgehead atoms.